The third-order valence-electron chi connectivity index (χ3n) is 3.07. The first kappa shape index (κ1) is 12.7. The van der Waals surface area contributed by atoms with Crippen LogP contribution in [0.1, 0.15) is 24.2 Å². The highest BCUT2D eigenvalue weighted by Gasteiger charge is 2.29. The van der Waals surface area contributed by atoms with Crippen molar-refractivity contribution in [3.8, 4) is 11.5 Å². The molecule has 1 aliphatic rings. The predicted molar refractivity (Wildman–Crippen MR) is 67.8 cm³/mol. The van der Waals surface area contributed by atoms with E-state index in [-0.39, 0.29) is 28.5 Å². The zero-order valence-corrected chi connectivity index (χ0v) is 10.6. The Balaban J connectivity index is 2.20. The van der Waals surface area contributed by atoms with Gasteiger partial charge in [-0.05, 0) is 26.0 Å². The van der Waals surface area contributed by atoms with Crippen molar-refractivity contribution in [2.75, 3.05) is 19.6 Å². The van der Waals surface area contributed by atoms with Crippen LogP contribution in [-0.2, 0) is 0 Å². The summed E-state index contributed by atoms with van der Waals surface area (Å²) in [7, 11) is 0. The van der Waals surface area contributed by atoms with Crippen LogP contribution < -0.4 is 5.32 Å². The summed E-state index contributed by atoms with van der Waals surface area (Å²) in [6.45, 7) is 6.00. The van der Waals surface area contributed by atoms with Crippen molar-refractivity contribution < 1.29 is 15.0 Å². The number of rotatable bonds is 1. The average Bonchev–Trinajstić information content (AvgIpc) is 2.27. The second kappa shape index (κ2) is 4.49. The first-order chi connectivity index (χ1) is 8.39. The van der Waals surface area contributed by atoms with Crippen LogP contribution in [0.2, 0.25) is 0 Å². The van der Waals surface area contributed by atoms with Crippen LogP contribution in [0.5, 0.6) is 11.5 Å². The highest BCUT2D eigenvalue weighted by Crippen LogP contribution is 2.24. The molecule has 98 valence electrons. The summed E-state index contributed by atoms with van der Waals surface area (Å²) in [5.74, 6) is -0.442. The van der Waals surface area contributed by atoms with Crippen molar-refractivity contribution in [3.05, 3.63) is 23.8 Å². The zero-order chi connectivity index (χ0) is 13.3. The van der Waals surface area contributed by atoms with Gasteiger partial charge in [0.25, 0.3) is 5.91 Å². The molecule has 18 heavy (non-hydrogen) atoms. The first-order valence-corrected chi connectivity index (χ1v) is 5.95. The number of aromatic hydroxyl groups is 2. The summed E-state index contributed by atoms with van der Waals surface area (Å²) in [5.41, 5.74) is 0.103. The minimum absolute atomic E-state index is 0.0512. The lowest BCUT2D eigenvalue weighted by Crippen LogP contribution is -2.58. The van der Waals surface area contributed by atoms with E-state index < -0.39 is 0 Å². The van der Waals surface area contributed by atoms with Crippen molar-refractivity contribution >= 4 is 5.91 Å². The molecule has 5 heteroatoms. The van der Waals surface area contributed by atoms with Crippen molar-refractivity contribution in [1.82, 2.24) is 10.2 Å². The maximum absolute atomic E-state index is 12.3. The fraction of sp³-hybridized carbons (Fsp3) is 0.462. The van der Waals surface area contributed by atoms with Crippen LogP contribution in [-0.4, -0.2) is 46.2 Å². The van der Waals surface area contributed by atoms with Gasteiger partial charge in [-0.2, -0.15) is 0 Å². The van der Waals surface area contributed by atoms with E-state index in [4.69, 9.17) is 0 Å². The molecule has 0 unspecified atom stereocenters. The lowest BCUT2D eigenvalue weighted by atomic mass is 10.0. The normalized spacial score (nSPS) is 18.7. The van der Waals surface area contributed by atoms with Gasteiger partial charge in [-0.15, -0.1) is 0 Å². The van der Waals surface area contributed by atoms with E-state index in [1.54, 1.807) is 4.90 Å². The monoisotopic (exact) mass is 250 g/mol. The fourth-order valence-corrected chi connectivity index (χ4v) is 2.19. The quantitative estimate of drug-likeness (QED) is 0.693. The van der Waals surface area contributed by atoms with Crippen molar-refractivity contribution in [2.45, 2.75) is 19.4 Å². The van der Waals surface area contributed by atoms with E-state index in [2.05, 4.69) is 5.32 Å². The van der Waals surface area contributed by atoms with E-state index >= 15 is 0 Å². The van der Waals surface area contributed by atoms with Gasteiger partial charge in [0.05, 0.1) is 5.56 Å². The molecule has 1 aromatic rings. The number of benzene rings is 1. The topological polar surface area (TPSA) is 72.8 Å². The van der Waals surface area contributed by atoms with E-state index in [1.807, 2.05) is 13.8 Å². The molecule has 1 heterocycles. The molecule has 2 rings (SSSR count). The number of amides is 1. The molecule has 1 fully saturated rings. The summed E-state index contributed by atoms with van der Waals surface area (Å²) >= 11 is 0. The molecule has 5 nitrogen and oxygen atoms in total. The Hall–Kier alpha value is -1.75. The maximum Gasteiger partial charge on any atom is 0.257 e. The second-order valence-electron chi connectivity index (χ2n) is 5.24. The summed E-state index contributed by atoms with van der Waals surface area (Å²) < 4.78 is 0. The number of carbonyl (C=O) groups is 1. The Bertz CT molecular complexity index is 471. The molecule has 0 radical (unpaired) electrons. The van der Waals surface area contributed by atoms with Gasteiger partial charge in [-0.25, -0.2) is 0 Å². The van der Waals surface area contributed by atoms with Crippen LogP contribution >= 0.6 is 0 Å². The average molecular weight is 250 g/mol. The SMILES string of the molecule is CC1(C)CN(C(=O)c2ccc(O)cc2O)CCN1. The molecule has 0 atom stereocenters. The lowest BCUT2D eigenvalue weighted by molar-refractivity contribution is 0.0649. The van der Waals surface area contributed by atoms with E-state index in [0.29, 0.717) is 13.1 Å². The maximum atomic E-state index is 12.3. The van der Waals surface area contributed by atoms with Gasteiger partial charge in [-0.1, -0.05) is 0 Å². The number of nitrogens with one attached hydrogen (secondary N) is 1. The number of hydrogen-bond acceptors (Lipinski definition) is 4. The summed E-state index contributed by atoms with van der Waals surface area (Å²) in [5, 5.41) is 22.2. The van der Waals surface area contributed by atoms with Gasteiger partial charge >= 0.3 is 0 Å². The Morgan fingerprint density at radius 3 is 2.72 bits per heavy atom. The van der Waals surface area contributed by atoms with Crippen LogP contribution in [0.4, 0.5) is 0 Å². The minimum atomic E-state index is -0.206. The van der Waals surface area contributed by atoms with Gasteiger partial charge < -0.3 is 20.4 Å². The second-order valence-corrected chi connectivity index (χ2v) is 5.24. The Kier molecular flexibility index (Phi) is 3.17. The van der Waals surface area contributed by atoms with Gasteiger partial charge in [0.2, 0.25) is 0 Å². The van der Waals surface area contributed by atoms with Crippen molar-refractivity contribution in [3.63, 3.8) is 0 Å². The Morgan fingerprint density at radius 1 is 1.39 bits per heavy atom. The zero-order valence-electron chi connectivity index (χ0n) is 10.6. The molecule has 0 bridgehead atoms. The number of nitrogens with zero attached hydrogens (tertiary/aromatic N) is 1. The fourth-order valence-electron chi connectivity index (χ4n) is 2.19. The number of carbonyl (C=O) groups excluding carboxylic acids is 1. The molecule has 0 saturated carbocycles. The molecular weight excluding hydrogens is 232 g/mol. The first-order valence-electron chi connectivity index (χ1n) is 5.95. The molecule has 0 aromatic heterocycles. The largest absolute Gasteiger partial charge is 0.508 e. The summed E-state index contributed by atoms with van der Waals surface area (Å²) in [4.78, 5) is 14.0. The summed E-state index contributed by atoms with van der Waals surface area (Å²) in [6, 6.07) is 4.03. The Morgan fingerprint density at radius 2 is 2.11 bits per heavy atom. The van der Waals surface area contributed by atoms with Crippen molar-refractivity contribution in [1.29, 1.82) is 0 Å². The van der Waals surface area contributed by atoms with Crippen molar-refractivity contribution in [2.24, 2.45) is 0 Å². The van der Waals surface area contributed by atoms with Gasteiger partial charge in [-0.3, -0.25) is 4.79 Å². The lowest BCUT2D eigenvalue weighted by Gasteiger charge is -2.39. The number of phenols is 2. The molecular formula is C13H18N2O3. The molecule has 1 aromatic carbocycles. The standard InChI is InChI=1S/C13H18N2O3/c1-13(2)8-15(6-5-14-13)12(18)10-4-3-9(16)7-11(10)17/h3-4,7,14,16-17H,5-6,8H2,1-2H3. The Labute approximate surface area is 106 Å². The van der Waals surface area contributed by atoms with Crippen LogP contribution in [0.3, 0.4) is 0 Å². The van der Waals surface area contributed by atoms with E-state index in [9.17, 15) is 15.0 Å². The van der Waals surface area contributed by atoms with E-state index in [0.717, 1.165) is 6.54 Å². The highest BCUT2D eigenvalue weighted by molar-refractivity contribution is 5.97. The smallest absolute Gasteiger partial charge is 0.257 e. The summed E-state index contributed by atoms with van der Waals surface area (Å²) in [6.07, 6.45) is 0. The van der Waals surface area contributed by atoms with Crippen LogP contribution in [0.15, 0.2) is 18.2 Å². The van der Waals surface area contributed by atoms with Gasteiger partial charge in [0.15, 0.2) is 0 Å². The van der Waals surface area contributed by atoms with Gasteiger partial charge in [0, 0.05) is 31.2 Å². The minimum Gasteiger partial charge on any atom is -0.508 e. The van der Waals surface area contributed by atoms with Crippen LogP contribution in [0, 0.1) is 0 Å². The molecule has 1 aliphatic heterocycles. The molecule has 3 N–H and O–H groups in total. The van der Waals surface area contributed by atoms with Gasteiger partial charge in [0.1, 0.15) is 11.5 Å². The molecule has 0 aliphatic carbocycles. The predicted octanol–water partition coefficient (Wildman–Crippen LogP) is 0.922. The number of hydrogen-bond donors (Lipinski definition) is 3. The van der Waals surface area contributed by atoms with Crippen LogP contribution in [0.25, 0.3) is 0 Å². The number of phenolic OH excluding ortho intramolecular Hbond substituents is 2. The highest BCUT2D eigenvalue weighted by atomic mass is 16.3. The third kappa shape index (κ3) is 2.56. The molecule has 0 spiro atoms. The van der Waals surface area contributed by atoms with E-state index in [1.165, 1.54) is 18.2 Å². The number of piperazine rings is 1. The molecule has 1 amide bonds. The third-order valence-corrected chi connectivity index (χ3v) is 3.07. The molecule has 1 saturated heterocycles.